The largest absolute Gasteiger partial charge is 0.386 e. The molecule has 20 heavy (non-hydrogen) atoms. The molecule has 2 N–H and O–H groups in total. The summed E-state index contributed by atoms with van der Waals surface area (Å²) < 4.78 is 0. The lowest BCUT2D eigenvalue weighted by Gasteiger charge is -2.15. The van der Waals surface area contributed by atoms with E-state index >= 15 is 0 Å². The quantitative estimate of drug-likeness (QED) is 0.908. The predicted molar refractivity (Wildman–Crippen MR) is 75.8 cm³/mol. The second-order valence-corrected chi connectivity index (χ2v) is 4.77. The first kappa shape index (κ1) is 14.7. The maximum atomic E-state index is 11.8. The van der Waals surface area contributed by atoms with Gasteiger partial charge in [0.15, 0.2) is 0 Å². The van der Waals surface area contributed by atoms with Crippen LogP contribution in [0.5, 0.6) is 0 Å². The van der Waals surface area contributed by atoms with Gasteiger partial charge in [0.05, 0.1) is 12.3 Å². The summed E-state index contributed by atoms with van der Waals surface area (Å²) in [7, 11) is 0. The Labute approximate surface area is 125 Å². The Balaban J connectivity index is 2.02. The molecule has 5 nitrogen and oxygen atoms in total. The average molecular weight is 312 g/mol. The zero-order chi connectivity index (χ0) is 14.5. The lowest BCUT2D eigenvalue weighted by Crippen LogP contribution is -2.29. The van der Waals surface area contributed by atoms with E-state index in [4.69, 9.17) is 23.2 Å². The number of hydrogen-bond acceptors (Lipinski definition) is 4. The monoisotopic (exact) mass is 311 g/mol. The minimum absolute atomic E-state index is 0.0289. The lowest BCUT2D eigenvalue weighted by atomic mass is 10.1. The number of aromatic nitrogens is 2. The molecule has 1 atom stereocenters. The van der Waals surface area contributed by atoms with Crippen LogP contribution in [-0.2, 0) is 0 Å². The van der Waals surface area contributed by atoms with Gasteiger partial charge in [0, 0.05) is 34.5 Å². The number of aliphatic hydroxyl groups excluding tert-OH is 1. The maximum Gasteiger partial charge on any atom is 0.271 e. The van der Waals surface area contributed by atoms with Gasteiger partial charge in [0.2, 0.25) is 0 Å². The first-order valence-corrected chi connectivity index (χ1v) is 6.51. The van der Waals surface area contributed by atoms with Gasteiger partial charge in [0.25, 0.3) is 5.91 Å². The second kappa shape index (κ2) is 6.65. The van der Waals surface area contributed by atoms with E-state index in [0.717, 1.165) is 0 Å². The summed E-state index contributed by atoms with van der Waals surface area (Å²) in [6.45, 7) is -0.0289. The highest BCUT2D eigenvalue weighted by Gasteiger charge is 2.17. The summed E-state index contributed by atoms with van der Waals surface area (Å²) in [5, 5.41) is 13.3. The van der Waals surface area contributed by atoms with Gasteiger partial charge >= 0.3 is 0 Å². The number of carbonyl (C=O) groups is 1. The van der Waals surface area contributed by atoms with Gasteiger partial charge in [-0.3, -0.25) is 9.78 Å². The van der Waals surface area contributed by atoms with Crippen LogP contribution in [0.3, 0.4) is 0 Å². The number of rotatable bonds is 4. The van der Waals surface area contributed by atoms with Crippen LogP contribution in [0.25, 0.3) is 0 Å². The molecular weight excluding hydrogens is 301 g/mol. The van der Waals surface area contributed by atoms with Crippen LogP contribution in [-0.4, -0.2) is 27.5 Å². The fraction of sp³-hybridized carbons (Fsp3) is 0.154. The maximum absolute atomic E-state index is 11.8. The summed E-state index contributed by atoms with van der Waals surface area (Å²) in [6.07, 6.45) is 3.21. The van der Waals surface area contributed by atoms with Gasteiger partial charge in [-0.25, -0.2) is 4.98 Å². The van der Waals surface area contributed by atoms with Crippen LogP contribution in [0.2, 0.25) is 10.0 Å². The molecule has 0 aliphatic rings. The normalized spacial score (nSPS) is 11.9. The summed E-state index contributed by atoms with van der Waals surface area (Å²) in [5.74, 6) is -0.430. The molecule has 0 aliphatic heterocycles. The van der Waals surface area contributed by atoms with E-state index in [1.807, 2.05) is 0 Å². The van der Waals surface area contributed by atoms with E-state index in [2.05, 4.69) is 15.3 Å². The van der Waals surface area contributed by atoms with Crippen LogP contribution in [0.4, 0.5) is 0 Å². The van der Waals surface area contributed by atoms with Crippen molar-refractivity contribution in [2.24, 2.45) is 0 Å². The predicted octanol–water partition coefficient (Wildman–Crippen LogP) is 2.25. The standard InChI is InChI=1S/C13H11Cl2N3O2/c14-8-2-1-3-9(15)12(8)11(19)7-18-13(20)10-6-16-4-5-17-10/h1-6,11,19H,7H2,(H,18,20). The van der Waals surface area contributed by atoms with Crippen LogP contribution in [0.1, 0.15) is 22.2 Å². The SMILES string of the molecule is O=C(NCC(O)c1c(Cl)cccc1Cl)c1cnccn1. The number of nitrogens with one attached hydrogen (secondary N) is 1. The number of aliphatic hydroxyl groups is 1. The number of benzene rings is 1. The van der Waals surface area contributed by atoms with Crippen LogP contribution in [0, 0.1) is 0 Å². The Morgan fingerprint density at radius 3 is 2.60 bits per heavy atom. The van der Waals surface area contributed by atoms with E-state index in [1.54, 1.807) is 18.2 Å². The molecule has 104 valence electrons. The molecule has 1 amide bonds. The topological polar surface area (TPSA) is 75.1 Å². The fourth-order valence-electron chi connectivity index (χ4n) is 1.63. The average Bonchev–Trinajstić information content (AvgIpc) is 2.45. The van der Waals surface area contributed by atoms with Crippen molar-refractivity contribution >= 4 is 29.1 Å². The van der Waals surface area contributed by atoms with Crippen molar-refractivity contribution in [3.05, 3.63) is 58.1 Å². The Hall–Kier alpha value is -1.69. The fourth-order valence-corrected chi connectivity index (χ4v) is 2.28. The first-order chi connectivity index (χ1) is 9.59. The van der Waals surface area contributed by atoms with Crippen molar-refractivity contribution in [1.29, 1.82) is 0 Å². The first-order valence-electron chi connectivity index (χ1n) is 5.75. The van der Waals surface area contributed by atoms with Crippen molar-refractivity contribution in [2.75, 3.05) is 6.54 Å². The molecular formula is C13H11Cl2N3O2. The zero-order valence-corrected chi connectivity index (χ0v) is 11.8. The molecule has 1 aromatic carbocycles. The number of amides is 1. The summed E-state index contributed by atoms with van der Waals surface area (Å²) >= 11 is 12.0. The highest BCUT2D eigenvalue weighted by Crippen LogP contribution is 2.29. The molecule has 0 saturated carbocycles. The van der Waals surface area contributed by atoms with E-state index in [9.17, 15) is 9.90 Å². The van der Waals surface area contributed by atoms with Crippen LogP contribution in [0.15, 0.2) is 36.8 Å². The zero-order valence-electron chi connectivity index (χ0n) is 10.3. The van der Waals surface area contributed by atoms with Gasteiger partial charge in [-0.05, 0) is 12.1 Å². The summed E-state index contributed by atoms with van der Waals surface area (Å²) in [4.78, 5) is 19.4. The van der Waals surface area contributed by atoms with Crippen LogP contribution < -0.4 is 5.32 Å². The highest BCUT2D eigenvalue weighted by molar-refractivity contribution is 6.36. The molecule has 2 rings (SSSR count). The molecule has 0 radical (unpaired) electrons. The molecule has 7 heteroatoms. The molecule has 1 aromatic heterocycles. The van der Waals surface area contributed by atoms with Crippen molar-refractivity contribution in [2.45, 2.75) is 6.10 Å². The molecule has 0 spiro atoms. The number of nitrogens with zero attached hydrogens (tertiary/aromatic N) is 2. The van der Waals surface area contributed by atoms with E-state index in [1.165, 1.54) is 18.6 Å². The van der Waals surface area contributed by atoms with Gasteiger partial charge in [-0.15, -0.1) is 0 Å². The Kier molecular flexibility index (Phi) is 4.89. The van der Waals surface area contributed by atoms with E-state index < -0.39 is 12.0 Å². The molecule has 0 aliphatic carbocycles. The van der Waals surface area contributed by atoms with Gasteiger partial charge in [-0.1, -0.05) is 29.3 Å². The third kappa shape index (κ3) is 3.45. The Bertz CT molecular complexity index is 588. The van der Waals surface area contributed by atoms with E-state index in [0.29, 0.717) is 15.6 Å². The minimum Gasteiger partial charge on any atom is -0.386 e. The van der Waals surface area contributed by atoms with Crippen molar-refractivity contribution in [3.8, 4) is 0 Å². The molecule has 1 unspecified atom stereocenters. The molecule has 0 bridgehead atoms. The second-order valence-electron chi connectivity index (χ2n) is 3.95. The third-order valence-corrected chi connectivity index (χ3v) is 3.24. The number of hydrogen-bond donors (Lipinski definition) is 2. The number of halogens is 2. The van der Waals surface area contributed by atoms with Crippen molar-refractivity contribution in [3.63, 3.8) is 0 Å². The van der Waals surface area contributed by atoms with Gasteiger partial charge in [0.1, 0.15) is 5.69 Å². The molecule has 1 heterocycles. The van der Waals surface area contributed by atoms with E-state index in [-0.39, 0.29) is 12.2 Å². The Morgan fingerprint density at radius 2 is 2.00 bits per heavy atom. The smallest absolute Gasteiger partial charge is 0.271 e. The van der Waals surface area contributed by atoms with Crippen molar-refractivity contribution in [1.82, 2.24) is 15.3 Å². The highest BCUT2D eigenvalue weighted by atomic mass is 35.5. The molecule has 0 fully saturated rings. The summed E-state index contributed by atoms with van der Waals surface area (Å²) in [5.41, 5.74) is 0.556. The third-order valence-electron chi connectivity index (χ3n) is 2.58. The van der Waals surface area contributed by atoms with Gasteiger partial charge in [-0.2, -0.15) is 0 Å². The van der Waals surface area contributed by atoms with Gasteiger partial charge < -0.3 is 10.4 Å². The Morgan fingerprint density at radius 1 is 1.30 bits per heavy atom. The molecule has 2 aromatic rings. The minimum atomic E-state index is -1.00. The van der Waals surface area contributed by atoms with Crippen LogP contribution >= 0.6 is 23.2 Å². The van der Waals surface area contributed by atoms with Crippen molar-refractivity contribution < 1.29 is 9.90 Å². The number of carbonyl (C=O) groups excluding carboxylic acids is 1. The summed E-state index contributed by atoms with van der Waals surface area (Å²) in [6, 6.07) is 4.92. The lowest BCUT2D eigenvalue weighted by molar-refractivity contribution is 0.0911. The molecule has 0 saturated heterocycles.